The highest BCUT2D eigenvalue weighted by molar-refractivity contribution is 6.18. The van der Waals surface area contributed by atoms with Crippen LogP contribution in [0, 0.1) is 0 Å². The van der Waals surface area contributed by atoms with Crippen molar-refractivity contribution in [3.63, 3.8) is 0 Å². The highest BCUT2D eigenvalue weighted by Gasteiger charge is 2.20. The molecule has 0 aliphatic carbocycles. The van der Waals surface area contributed by atoms with Crippen LogP contribution in [-0.4, -0.2) is 21.4 Å². The number of aromatic nitrogens is 1. The molecule has 170 valence electrons. The Labute approximate surface area is 198 Å². The van der Waals surface area contributed by atoms with Crippen LogP contribution in [0.25, 0.3) is 32.6 Å². The van der Waals surface area contributed by atoms with Crippen molar-refractivity contribution < 1.29 is 14.7 Å². The van der Waals surface area contributed by atoms with Gasteiger partial charge in [-0.1, -0.05) is 68.7 Å². The number of carboxylic acid groups (broad SMARTS) is 1. The van der Waals surface area contributed by atoms with Crippen molar-refractivity contribution in [2.24, 2.45) is 0 Å². The average molecular weight is 450 g/mol. The van der Waals surface area contributed by atoms with Gasteiger partial charge in [-0.3, -0.25) is 4.79 Å². The molecule has 34 heavy (non-hydrogen) atoms. The number of ketones is 1. The average Bonchev–Trinajstić information content (AvgIpc) is 3.18. The van der Waals surface area contributed by atoms with Crippen molar-refractivity contribution in [2.75, 3.05) is 0 Å². The molecule has 1 heterocycles. The van der Waals surface area contributed by atoms with Crippen LogP contribution in [0.3, 0.4) is 0 Å². The number of carbonyl (C=O) groups is 2. The molecule has 0 atom stereocenters. The highest BCUT2D eigenvalue weighted by atomic mass is 16.4. The summed E-state index contributed by atoms with van der Waals surface area (Å²) in [6.45, 7) is 3.15. The third-order valence-electron chi connectivity index (χ3n) is 6.63. The largest absolute Gasteiger partial charge is 0.478 e. The summed E-state index contributed by atoms with van der Waals surface area (Å²) in [4.78, 5) is 25.6. The van der Waals surface area contributed by atoms with Gasteiger partial charge in [-0.15, -0.1) is 0 Å². The Morgan fingerprint density at radius 3 is 2.15 bits per heavy atom. The highest BCUT2D eigenvalue weighted by Crippen LogP contribution is 2.31. The number of rotatable bonds is 8. The molecular weight excluding hydrogens is 422 g/mol. The number of unbranched alkanes of at least 4 members (excludes halogenated alkanes) is 3. The molecule has 0 fully saturated rings. The van der Waals surface area contributed by atoms with E-state index in [1.807, 2.05) is 54.6 Å². The Balaban J connectivity index is 1.61. The van der Waals surface area contributed by atoms with Crippen LogP contribution in [0.2, 0.25) is 0 Å². The third-order valence-corrected chi connectivity index (χ3v) is 6.63. The third kappa shape index (κ3) is 3.86. The van der Waals surface area contributed by atoms with E-state index in [4.69, 9.17) is 0 Å². The summed E-state index contributed by atoms with van der Waals surface area (Å²) < 4.78 is 2.34. The Bertz CT molecular complexity index is 1540. The predicted molar refractivity (Wildman–Crippen MR) is 138 cm³/mol. The zero-order chi connectivity index (χ0) is 23.7. The van der Waals surface area contributed by atoms with E-state index in [0.717, 1.165) is 45.5 Å². The number of fused-ring (bicyclic) bond motifs is 4. The Morgan fingerprint density at radius 1 is 0.735 bits per heavy atom. The minimum absolute atomic E-state index is 0.0298. The maximum absolute atomic E-state index is 13.6. The second kappa shape index (κ2) is 9.14. The molecule has 0 saturated carbocycles. The molecule has 0 aliphatic heterocycles. The second-order valence-corrected chi connectivity index (χ2v) is 8.84. The van der Waals surface area contributed by atoms with E-state index in [-0.39, 0.29) is 16.9 Å². The van der Waals surface area contributed by atoms with Gasteiger partial charge in [0.1, 0.15) is 0 Å². The Kier molecular flexibility index (Phi) is 5.89. The fourth-order valence-electron chi connectivity index (χ4n) is 4.89. The molecule has 0 saturated heterocycles. The molecule has 1 aromatic heterocycles. The number of hydrogen-bond acceptors (Lipinski definition) is 2. The molecule has 4 heteroatoms. The lowest BCUT2D eigenvalue weighted by Crippen LogP contribution is -2.10. The number of benzene rings is 4. The molecule has 0 spiro atoms. The summed E-state index contributed by atoms with van der Waals surface area (Å²) in [5, 5.41) is 13.6. The summed E-state index contributed by atoms with van der Waals surface area (Å²) in [5.74, 6) is -1.37. The number of para-hydroxylation sites is 1. The van der Waals surface area contributed by atoms with Gasteiger partial charge < -0.3 is 9.67 Å². The lowest BCUT2D eigenvalue weighted by molar-refractivity contribution is 0.0693. The first kappa shape index (κ1) is 21.9. The maximum Gasteiger partial charge on any atom is 0.336 e. The number of hydrogen-bond donors (Lipinski definition) is 1. The maximum atomic E-state index is 13.6. The van der Waals surface area contributed by atoms with Gasteiger partial charge in [-0.2, -0.15) is 0 Å². The van der Waals surface area contributed by atoms with Crippen LogP contribution in [0.15, 0.2) is 78.9 Å². The molecule has 5 aromatic rings. The minimum atomic E-state index is -1.10. The van der Waals surface area contributed by atoms with E-state index in [1.165, 1.54) is 19.3 Å². The summed E-state index contributed by atoms with van der Waals surface area (Å²) in [6, 6.07) is 24.8. The van der Waals surface area contributed by atoms with E-state index in [2.05, 4.69) is 23.6 Å². The zero-order valence-corrected chi connectivity index (χ0v) is 19.3. The van der Waals surface area contributed by atoms with Crippen LogP contribution >= 0.6 is 0 Å². The van der Waals surface area contributed by atoms with Gasteiger partial charge in [0, 0.05) is 39.5 Å². The Morgan fingerprint density at radius 2 is 1.41 bits per heavy atom. The first-order chi connectivity index (χ1) is 16.6. The van der Waals surface area contributed by atoms with Crippen molar-refractivity contribution in [1.82, 2.24) is 4.57 Å². The SMILES string of the molecule is CCCCCCn1c2ccccc2c2cc(C(=O)c3cc4ccccc4cc3C(=O)O)ccc21. The van der Waals surface area contributed by atoms with Crippen molar-refractivity contribution >= 4 is 44.3 Å². The summed E-state index contributed by atoms with van der Waals surface area (Å²) in [7, 11) is 0. The van der Waals surface area contributed by atoms with Gasteiger partial charge >= 0.3 is 5.97 Å². The van der Waals surface area contributed by atoms with Gasteiger partial charge in [0.25, 0.3) is 0 Å². The van der Waals surface area contributed by atoms with Crippen molar-refractivity contribution in [1.29, 1.82) is 0 Å². The van der Waals surface area contributed by atoms with E-state index >= 15 is 0 Å². The first-order valence-corrected chi connectivity index (χ1v) is 11.9. The van der Waals surface area contributed by atoms with Crippen molar-refractivity contribution in [2.45, 2.75) is 39.2 Å². The van der Waals surface area contributed by atoms with E-state index < -0.39 is 5.97 Å². The molecule has 1 N–H and O–H groups in total. The van der Waals surface area contributed by atoms with E-state index in [0.29, 0.717) is 5.56 Å². The van der Waals surface area contributed by atoms with Crippen molar-refractivity contribution in [3.8, 4) is 0 Å². The van der Waals surface area contributed by atoms with Crippen LogP contribution in [0.4, 0.5) is 0 Å². The number of aryl methyl sites for hydroxylation is 1. The minimum Gasteiger partial charge on any atom is -0.478 e. The quantitative estimate of drug-likeness (QED) is 0.198. The van der Waals surface area contributed by atoms with Gasteiger partial charge in [-0.25, -0.2) is 4.79 Å². The molecule has 0 unspecified atom stereocenters. The molecule has 0 radical (unpaired) electrons. The van der Waals surface area contributed by atoms with Gasteiger partial charge in [0.05, 0.1) is 5.56 Å². The van der Waals surface area contributed by atoms with Crippen molar-refractivity contribution in [3.05, 3.63) is 95.6 Å². The molecule has 0 bridgehead atoms. The number of carboxylic acids is 1. The lowest BCUT2D eigenvalue weighted by Gasteiger charge is -2.10. The van der Waals surface area contributed by atoms with Crippen LogP contribution in [0.1, 0.15) is 58.9 Å². The zero-order valence-electron chi connectivity index (χ0n) is 19.3. The van der Waals surface area contributed by atoms with E-state index in [9.17, 15) is 14.7 Å². The van der Waals surface area contributed by atoms with Crippen LogP contribution in [-0.2, 0) is 6.54 Å². The normalized spacial score (nSPS) is 11.4. The predicted octanol–water partition coefficient (Wildman–Crippen LogP) is 7.46. The fraction of sp³-hybridized carbons (Fsp3) is 0.200. The fourth-order valence-corrected chi connectivity index (χ4v) is 4.89. The number of nitrogens with zero attached hydrogens (tertiary/aromatic N) is 1. The Hall–Kier alpha value is -3.92. The first-order valence-electron chi connectivity index (χ1n) is 11.9. The smallest absolute Gasteiger partial charge is 0.336 e. The number of carbonyl (C=O) groups excluding carboxylic acids is 1. The molecule has 4 aromatic carbocycles. The summed E-state index contributed by atoms with van der Waals surface area (Å²) in [5.41, 5.74) is 3.01. The van der Waals surface area contributed by atoms with Crippen LogP contribution < -0.4 is 0 Å². The lowest BCUT2D eigenvalue weighted by atomic mass is 9.94. The summed E-state index contributed by atoms with van der Waals surface area (Å²) in [6.07, 6.45) is 4.74. The topological polar surface area (TPSA) is 59.3 Å². The molecular formula is C30H27NO3. The van der Waals surface area contributed by atoms with Gasteiger partial charge in [0.15, 0.2) is 5.78 Å². The number of aromatic carboxylic acids is 1. The van der Waals surface area contributed by atoms with Crippen LogP contribution in [0.5, 0.6) is 0 Å². The van der Waals surface area contributed by atoms with E-state index in [1.54, 1.807) is 12.1 Å². The molecule has 0 amide bonds. The molecule has 5 rings (SSSR count). The molecule has 0 aliphatic rings. The standard InChI is InChI=1S/C30H27NO3/c1-2-3-4-9-16-31-27-13-8-7-12-23(27)24-19-22(14-15-28(24)31)29(32)25-17-20-10-5-6-11-21(20)18-26(25)30(33)34/h5-8,10-15,17-19H,2-4,9,16H2,1H3,(H,33,34). The second-order valence-electron chi connectivity index (χ2n) is 8.84. The van der Waals surface area contributed by atoms with Gasteiger partial charge in [0.2, 0.25) is 0 Å². The molecule has 4 nitrogen and oxygen atoms in total. The van der Waals surface area contributed by atoms with Gasteiger partial charge in [-0.05, 0) is 53.6 Å². The summed E-state index contributed by atoms with van der Waals surface area (Å²) >= 11 is 0. The monoisotopic (exact) mass is 449 g/mol.